The van der Waals surface area contributed by atoms with E-state index >= 15 is 0 Å². The van der Waals surface area contributed by atoms with Crippen LogP contribution in [0.3, 0.4) is 0 Å². The maximum absolute atomic E-state index is 9.43. The van der Waals surface area contributed by atoms with Crippen molar-refractivity contribution in [1.82, 2.24) is 4.81 Å². The van der Waals surface area contributed by atoms with E-state index in [-0.39, 0.29) is 12.6 Å². The molecule has 11 heavy (non-hydrogen) atoms. The van der Waals surface area contributed by atoms with Crippen LogP contribution >= 0.6 is 0 Å². The Bertz CT molecular complexity index is 147. The van der Waals surface area contributed by atoms with Gasteiger partial charge in [-0.05, 0) is 39.6 Å². The van der Waals surface area contributed by atoms with Crippen LogP contribution in [0.5, 0.6) is 0 Å². The van der Waals surface area contributed by atoms with E-state index < -0.39 is 0 Å². The minimum absolute atomic E-state index is 0.188. The molecule has 0 bridgehead atoms. The summed E-state index contributed by atoms with van der Waals surface area (Å²) in [5.74, 6) is 0.722. The van der Waals surface area contributed by atoms with Crippen molar-refractivity contribution in [2.45, 2.75) is 39.6 Å². The van der Waals surface area contributed by atoms with Gasteiger partial charge in [0.1, 0.15) is 0 Å². The lowest BCUT2D eigenvalue weighted by Crippen LogP contribution is -2.46. The molecule has 0 aromatic carbocycles. The Labute approximate surface area is 69.7 Å². The first-order chi connectivity index (χ1) is 4.93. The van der Waals surface area contributed by atoms with Crippen LogP contribution in [0, 0.1) is 5.92 Å². The van der Waals surface area contributed by atoms with Crippen molar-refractivity contribution in [2.24, 2.45) is 5.92 Å². The van der Waals surface area contributed by atoms with Crippen LogP contribution in [-0.2, 0) is 0 Å². The molecule has 0 spiro atoms. The van der Waals surface area contributed by atoms with Gasteiger partial charge in [-0.15, -0.1) is 0 Å². The highest BCUT2D eigenvalue weighted by atomic mass is 16.2. The first-order valence-electron chi connectivity index (χ1n) is 4.38. The van der Waals surface area contributed by atoms with Crippen molar-refractivity contribution in [3.8, 4) is 0 Å². The normalized spacial score (nSPS) is 30.8. The second kappa shape index (κ2) is 2.79. The topological polar surface area (TPSA) is 23.5 Å². The van der Waals surface area contributed by atoms with Gasteiger partial charge in [0.05, 0.1) is 0 Å². The lowest BCUT2D eigenvalue weighted by atomic mass is 9.81. The van der Waals surface area contributed by atoms with Gasteiger partial charge in [0.2, 0.25) is 0 Å². The Kier molecular flexibility index (Phi) is 2.31. The van der Waals surface area contributed by atoms with Gasteiger partial charge in [-0.25, -0.2) is 0 Å². The molecule has 3 heteroatoms. The average molecular weight is 155 g/mol. The minimum atomic E-state index is -0.296. The molecule has 1 N–H and O–H groups in total. The average Bonchev–Trinajstić information content (AvgIpc) is 2.04. The zero-order valence-corrected chi connectivity index (χ0v) is 7.96. The molecule has 2 nitrogen and oxygen atoms in total. The highest BCUT2D eigenvalue weighted by Crippen LogP contribution is 2.32. The van der Waals surface area contributed by atoms with Gasteiger partial charge in [-0.1, -0.05) is 6.92 Å². The van der Waals surface area contributed by atoms with E-state index in [2.05, 4.69) is 25.6 Å². The summed E-state index contributed by atoms with van der Waals surface area (Å²) in [6.07, 6.45) is 1.19. The molecular weight excluding hydrogens is 137 g/mol. The highest BCUT2D eigenvalue weighted by Gasteiger charge is 2.39. The van der Waals surface area contributed by atoms with Crippen molar-refractivity contribution < 1.29 is 5.02 Å². The predicted octanol–water partition coefficient (Wildman–Crippen LogP) is 1.22. The van der Waals surface area contributed by atoms with Gasteiger partial charge in [-0.3, -0.25) is 0 Å². The van der Waals surface area contributed by atoms with Gasteiger partial charge in [-0.2, -0.15) is 0 Å². The van der Waals surface area contributed by atoms with Crippen LogP contribution in [0.25, 0.3) is 0 Å². The molecule has 1 saturated heterocycles. The summed E-state index contributed by atoms with van der Waals surface area (Å²) in [5, 5.41) is 9.43. The Morgan fingerprint density at radius 1 is 1.55 bits per heavy atom. The summed E-state index contributed by atoms with van der Waals surface area (Å²) in [4.78, 5) is 2.16. The van der Waals surface area contributed by atoms with E-state index in [1.165, 1.54) is 6.42 Å². The third kappa shape index (κ3) is 1.77. The summed E-state index contributed by atoms with van der Waals surface area (Å²) in [5.41, 5.74) is 0.188. The molecule has 1 aliphatic heterocycles. The number of nitrogens with zero attached hydrogens (tertiary/aromatic N) is 1. The van der Waals surface area contributed by atoms with Crippen molar-refractivity contribution in [1.29, 1.82) is 0 Å². The molecule has 1 atom stereocenters. The molecule has 0 aliphatic carbocycles. The summed E-state index contributed by atoms with van der Waals surface area (Å²) >= 11 is 0. The number of hydrogen-bond donors (Lipinski definition) is 1. The Morgan fingerprint density at radius 2 is 2.09 bits per heavy atom. The molecule has 1 rings (SSSR count). The lowest BCUT2D eigenvalue weighted by molar-refractivity contribution is 0.259. The first kappa shape index (κ1) is 9.08. The fourth-order valence-corrected chi connectivity index (χ4v) is 2.28. The van der Waals surface area contributed by atoms with Crippen molar-refractivity contribution >= 4 is 7.05 Å². The molecule has 1 heterocycles. The molecular formula is C8H18BNO. The Balaban J connectivity index is 2.66. The standard InChI is InChI=1S/C8H18BNO/c1-7-5-8(2,3)10(6-7)9(4)11/h7,11H,5-6H2,1-4H3. The van der Waals surface area contributed by atoms with Gasteiger partial charge >= 0.3 is 7.05 Å². The van der Waals surface area contributed by atoms with Gasteiger partial charge in [0.15, 0.2) is 0 Å². The fourth-order valence-electron chi connectivity index (χ4n) is 2.28. The molecule has 1 fully saturated rings. The third-order valence-corrected chi connectivity index (χ3v) is 2.58. The van der Waals surface area contributed by atoms with Crippen LogP contribution in [0.1, 0.15) is 27.2 Å². The van der Waals surface area contributed by atoms with Crippen LogP contribution < -0.4 is 0 Å². The van der Waals surface area contributed by atoms with Crippen LogP contribution in [0.4, 0.5) is 0 Å². The molecule has 1 unspecified atom stereocenters. The quantitative estimate of drug-likeness (QED) is 0.575. The van der Waals surface area contributed by atoms with Crippen LogP contribution in [0.15, 0.2) is 0 Å². The third-order valence-electron chi connectivity index (χ3n) is 2.58. The van der Waals surface area contributed by atoms with E-state index in [0.29, 0.717) is 0 Å². The molecule has 0 radical (unpaired) electrons. The van der Waals surface area contributed by atoms with Gasteiger partial charge < -0.3 is 9.83 Å². The minimum Gasteiger partial charge on any atom is -0.437 e. The Morgan fingerprint density at radius 3 is 2.27 bits per heavy atom. The van der Waals surface area contributed by atoms with Crippen molar-refractivity contribution in [3.05, 3.63) is 0 Å². The van der Waals surface area contributed by atoms with Crippen LogP contribution in [0.2, 0.25) is 6.82 Å². The van der Waals surface area contributed by atoms with E-state index in [4.69, 9.17) is 0 Å². The van der Waals surface area contributed by atoms with E-state index in [1.807, 2.05) is 6.82 Å². The smallest absolute Gasteiger partial charge is 0.376 e. The largest absolute Gasteiger partial charge is 0.437 e. The number of rotatable bonds is 1. The molecule has 0 amide bonds. The van der Waals surface area contributed by atoms with Gasteiger partial charge in [0, 0.05) is 5.54 Å². The van der Waals surface area contributed by atoms with E-state index in [9.17, 15) is 5.02 Å². The van der Waals surface area contributed by atoms with Crippen molar-refractivity contribution in [2.75, 3.05) is 6.54 Å². The second-order valence-corrected chi connectivity index (χ2v) is 4.41. The summed E-state index contributed by atoms with van der Waals surface area (Å²) in [6, 6.07) is 0. The lowest BCUT2D eigenvalue weighted by Gasteiger charge is -2.32. The zero-order valence-electron chi connectivity index (χ0n) is 7.96. The highest BCUT2D eigenvalue weighted by molar-refractivity contribution is 6.45. The molecule has 0 saturated carbocycles. The maximum atomic E-state index is 9.43. The zero-order chi connectivity index (χ0) is 8.65. The summed E-state index contributed by atoms with van der Waals surface area (Å²) in [7, 11) is -0.296. The van der Waals surface area contributed by atoms with Gasteiger partial charge in [0.25, 0.3) is 0 Å². The Hall–Kier alpha value is -0.0151. The summed E-state index contributed by atoms with van der Waals surface area (Å²) in [6.45, 7) is 9.51. The molecule has 0 aromatic heterocycles. The predicted molar refractivity (Wildman–Crippen MR) is 48.4 cm³/mol. The molecule has 64 valence electrons. The molecule has 0 aromatic rings. The SMILES string of the molecule is CB(O)N1CC(C)CC1(C)C. The van der Waals surface area contributed by atoms with Crippen molar-refractivity contribution in [3.63, 3.8) is 0 Å². The van der Waals surface area contributed by atoms with E-state index in [1.54, 1.807) is 0 Å². The summed E-state index contributed by atoms with van der Waals surface area (Å²) < 4.78 is 0. The number of hydrogen-bond acceptors (Lipinski definition) is 2. The fraction of sp³-hybridized carbons (Fsp3) is 1.00. The maximum Gasteiger partial charge on any atom is 0.376 e. The van der Waals surface area contributed by atoms with E-state index in [0.717, 1.165) is 12.5 Å². The second-order valence-electron chi connectivity index (χ2n) is 4.41. The van der Waals surface area contributed by atoms with Crippen LogP contribution in [-0.4, -0.2) is 29.0 Å². The first-order valence-corrected chi connectivity index (χ1v) is 4.38. The monoisotopic (exact) mass is 155 g/mol. The molecule has 1 aliphatic rings.